The number of sulfonamides is 1. The van der Waals surface area contributed by atoms with Crippen LogP contribution < -0.4 is 25.2 Å². The van der Waals surface area contributed by atoms with Gasteiger partial charge in [0.05, 0.1) is 22.2 Å². The molecule has 1 aliphatic rings. The van der Waals surface area contributed by atoms with Gasteiger partial charge in [0, 0.05) is 25.4 Å². The van der Waals surface area contributed by atoms with Crippen molar-refractivity contribution in [2.75, 3.05) is 44.0 Å². The van der Waals surface area contributed by atoms with Crippen LogP contribution in [-0.2, 0) is 16.6 Å². The number of nitrogens with zero attached hydrogens (tertiary/aromatic N) is 3. The number of anilines is 3. The van der Waals surface area contributed by atoms with Gasteiger partial charge in [0.15, 0.2) is 0 Å². The van der Waals surface area contributed by atoms with Gasteiger partial charge in [0.1, 0.15) is 23.9 Å². The fourth-order valence-electron chi connectivity index (χ4n) is 4.13. The summed E-state index contributed by atoms with van der Waals surface area (Å²) < 4.78 is 35.9. The van der Waals surface area contributed by atoms with E-state index in [-0.39, 0.29) is 11.4 Å². The number of nitrogens with one attached hydrogen (secondary N) is 2. The maximum Gasteiger partial charge on any atom is 0.238 e. The lowest BCUT2D eigenvalue weighted by molar-refractivity contribution is 0.183. The van der Waals surface area contributed by atoms with Crippen molar-refractivity contribution in [1.82, 2.24) is 14.9 Å². The zero-order valence-electron chi connectivity index (χ0n) is 20.6. The Labute approximate surface area is 225 Å². The van der Waals surface area contributed by atoms with Gasteiger partial charge in [-0.3, -0.25) is 4.90 Å². The Morgan fingerprint density at radius 3 is 2.68 bits per heavy atom. The first-order chi connectivity index (χ1) is 17.8. The molecule has 0 bridgehead atoms. The highest BCUT2D eigenvalue weighted by Crippen LogP contribution is 2.32. The van der Waals surface area contributed by atoms with Crippen molar-refractivity contribution in [3.05, 3.63) is 58.7 Å². The molecule has 10 nitrogen and oxygen atoms in total. The molecule has 198 valence electrons. The molecule has 37 heavy (non-hydrogen) atoms. The molecule has 12 heteroatoms. The fraction of sp³-hybridized carbons (Fsp3) is 0.360. The van der Waals surface area contributed by atoms with Crippen molar-refractivity contribution >= 4 is 43.4 Å². The Hall–Kier alpha value is -2.93. The van der Waals surface area contributed by atoms with Gasteiger partial charge in [-0.15, -0.1) is 0 Å². The molecule has 0 radical (unpaired) electrons. The van der Waals surface area contributed by atoms with Crippen LogP contribution in [0.2, 0.25) is 0 Å². The first kappa shape index (κ1) is 27.1. The highest BCUT2D eigenvalue weighted by Gasteiger charge is 2.15. The van der Waals surface area contributed by atoms with Crippen molar-refractivity contribution < 1.29 is 17.9 Å². The Kier molecular flexibility index (Phi) is 9.19. The van der Waals surface area contributed by atoms with Crippen LogP contribution in [-0.4, -0.2) is 56.6 Å². The SMILES string of the molecule is COc1ccc(OCCN2CCCCC2)cc1Nc1ncc(Br)c(NCc2ccccc2S(N)(=O)=O)n1. The molecule has 4 rings (SSSR count). The van der Waals surface area contributed by atoms with E-state index in [0.717, 1.165) is 25.4 Å². The normalized spacial score (nSPS) is 14.2. The molecule has 1 aliphatic heterocycles. The molecular weight excluding hydrogens is 560 g/mol. The highest BCUT2D eigenvalue weighted by atomic mass is 79.9. The van der Waals surface area contributed by atoms with Crippen LogP contribution >= 0.6 is 15.9 Å². The van der Waals surface area contributed by atoms with E-state index in [1.807, 2.05) is 18.2 Å². The maximum atomic E-state index is 11.9. The largest absolute Gasteiger partial charge is 0.495 e. The van der Waals surface area contributed by atoms with Crippen LogP contribution in [0.5, 0.6) is 11.5 Å². The van der Waals surface area contributed by atoms with Gasteiger partial charge in [0.2, 0.25) is 16.0 Å². The van der Waals surface area contributed by atoms with E-state index in [0.29, 0.717) is 39.8 Å². The van der Waals surface area contributed by atoms with E-state index < -0.39 is 10.0 Å². The van der Waals surface area contributed by atoms with E-state index in [1.54, 1.807) is 31.5 Å². The summed E-state index contributed by atoms with van der Waals surface area (Å²) in [7, 11) is -2.25. The minimum Gasteiger partial charge on any atom is -0.495 e. The van der Waals surface area contributed by atoms with Gasteiger partial charge < -0.3 is 20.1 Å². The number of benzene rings is 2. The summed E-state index contributed by atoms with van der Waals surface area (Å²) in [6, 6.07) is 12.1. The van der Waals surface area contributed by atoms with Crippen LogP contribution in [0.1, 0.15) is 24.8 Å². The lowest BCUT2D eigenvalue weighted by Gasteiger charge is -2.26. The average Bonchev–Trinajstić information content (AvgIpc) is 2.89. The van der Waals surface area contributed by atoms with Crippen LogP contribution in [0.25, 0.3) is 0 Å². The molecule has 0 aliphatic carbocycles. The topological polar surface area (TPSA) is 132 Å². The van der Waals surface area contributed by atoms with Crippen molar-refractivity contribution in [3.63, 3.8) is 0 Å². The van der Waals surface area contributed by atoms with Crippen LogP contribution in [0, 0.1) is 0 Å². The van der Waals surface area contributed by atoms with Crippen LogP contribution in [0.3, 0.4) is 0 Å². The highest BCUT2D eigenvalue weighted by molar-refractivity contribution is 9.10. The lowest BCUT2D eigenvalue weighted by atomic mass is 10.1. The smallest absolute Gasteiger partial charge is 0.238 e. The molecule has 0 unspecified atom stereocenters. The fourth-order valence-corrected chi connectivity index (χ4v) is 5.23. The van der Waals surface area contributed by atoms with Crippen molar-refractivity contribution in [1.29, 1.82) is 0 Å². The van der Waals surface area contributed by atoms with E-state index in [9.17, 15) is 8.42 Å². The molecule has 4 N–H and O–H groups in total. The number of methoxy groups -OCH3 is 1. The number of nitrogens with two attached hydrogens (primary N) is 1. The molecular formula is C25H31BrN6O4S. The minimum atomic E-state index is -3.85. The van der Waals surface area contributed by atoms with E-state index in [2.05, 4.69) is 41.4 Å². The van der Waals surface area contributed by atoms with Crippen molar-refractivity contribution in [2.24, 2.45) is 5.14 Å². The van der Waals surface area contributed by atoms with E-state index >= 15 is 0 Å². The number of halogens is 1. The maximum absolute atomic E-state index is 11.9. The molecule has 2 heterocycles. The molecule has 0 atom stereocenters. The van der Waals surface area contributed by atoms with Crippen molar-refractivity contribution in [3.8, 4) is 11.5 Å². The van der Waals surface area contributed by atoms with Gasteiger partial charge >= 0.3 is 0 Å². The van der Waals surface area contributed by atoms with Crippen molar-refractivity contribution in [2.45, 2.75) is 30.7 Å². The summed E-state index contributed by atoms with van der Waals surface area (Å²) in [4.78, 5) is 11.4. The Morgan fingerprint density at radius 1 is 1.14 bits per heavy atom. The monoisotopic (exact) mass is 590 g/mol. The Morgan fingerprint density at radius 2 is 1.92 bits per heavy atom. The van der Waals surface area contributed by atoms with Gasteiger partial charge in [-0.05, 0) is 65.6 Å². The Balaban J connectivity index is 1.44. The predicted octanol–water partition coefficient (Wildman–Crippen LogP) is 4.12. The third kappa shape index (κ3) is 7.54. The van der Waals surface area contributed by atoms with E-state index in [1.165, 1.54) is 25.3 Å². The average molecular weight is 592 g/mol. The number of likely N-dealkylation sites (tertiary alicyclic amines) is 1. The molecule has 1 aromatic heterocycles. The zero-order valence-corrected chi connectivity index (χ0v) is 23.0. The van der Waals surface area contributed by atoms with Gasteiger partial charge in [0.25, 0.3) is 0 Å². The summed E-state index contributed by atoms with van der Waals surface area (Å²) in [6.45, 7) is 3.96. The second kappa shape index (κ2) is 12.5. The summed E-state index contributed by atoms with van der Waals surface area (Å²) in [6.07, 6.45) is 5.41. The van der Waals surface area contributed by atoms with Crippen LogP contribution in [0.4, 0.5) is 17.5 Å². The van der Waals surface area contributed by atoms with Crippen LogP contribution in [0.15, 0.2) is 58.0 Å². The third-order valence-corrected chi connectivity index (χ3v) is 7.60. The standard InChI is InChI=1S/C25H31BrN6O4S/c1-35-22-10-9-19(36-14-13-32-11-5-2-6-12-32)15-21(22)30-25-29-17-20(26)24(31-25)28-16-18-7-3-4-8-23(18)37(27,33)34/h3-4,7-10,15,17H,2,5-6,11-14,16H2,1H3,(H2,27,33,34)(H2,28,29,30,31). The lowest BCUT2D eigenvalue weighted by Crippen LogP contribution is -2.33. The quantitative estimate of drug-likeness (QED) is 0.301. The predicted molar refractivity (Wildman–Crippen MR) is 147 cm³/mol. The number of hydrogen-bond acceptors (Lipinski definition) is 9. The van der Waals surface area contributed by atoms with Gasteiger partial charge in [-0.2, -0.15) is 4.98 Å². The zero-order chi connectivity index (χ0) is 26.3. The first-order valence-corrected chi connectivity index (χ1v) is 14.3. The molecule has 2 aromatic carbocycles. The second-order valence-corrected chi connectivity index (χ2v) is 11.0. The summed E-state index contributed by atoms with van der Waals surface area (Å²) in [5.41, 5.74) is 1.19. The molecule has 0 saturated carbocycles. The van der Waals surface area contributed by atoms with Gasteiger partial charge in [-0.25, -0.2) is 18.5 Å². The molecule has 0 amide bonds. The summed E-state index contributed by atoms with van der Waals surface area (Å²) in [5.74, 6) is 2.14. The first-order valence-electron chi connectivity index (χ1n) is 12.0. The Bertz CT molecular complexity index is 1320. The number of ether oxygens (including phenoxy) is 2. The summed E-state index contributed by atoms with van der Waals surface area (Å²) in [5, 5.41) is 11.7. The number of rotatable bonds is 11. The molecule has 3 aromatic rings. The number of hydrogen-bond donors (Lipinski definition) is 3. The minimum absolute atomic E-state index is 0.0628. The number of primary sulfonamides is 1. The number of piperidine rings is 1. The second-order valence-electron chi connectivity index (χ2n) is 8.63. The molecule has 1 saturated heterocycles. The molecule has 1 fully saturated rings. The number of aromatic nitrogens is 2. The summed E-state index contributed by atoms with van der Waals surface area (Å²) >= 11 is 3.44. The van der Waals surface area contributed by atoms with E-state index in [4.69, 9.17) is 14.6 Å². The molecule has 0 spiro atoms. The third-order valence-electron chi connectivity index (χ3n) is 6.01. The van der Waals surface area contributed by atoms with Gasteiger partial charge in [-0.1, -0.05) is 24.6 Å².